The van der Waals surface area contributed by atoms with E-state index in [9.17, 15) is 4.79 Å². The van der Waals surface area contributed by atoms with Gasteiger partial charge in [0.2, 0.25) is 0 Å². The van der Waals surface area contributed by atoms with Crippen molar-refractivity contribution < 1.29 is 0 Å². The van der Waals surface area contributed by atoms with Crippen molar-refractivity contribution in [1.82, 2.24) is 25.2 Å². The normalized spacial score (nSPS) is 11.1. The molecule has 0 unspecified atom stereocenters. The third-order valence-corrected chi connectivity index (χ3v) is 4.42. The van der Waals surface area contributed by atoms with Gasteiger partial charge in [-0.2, -0.15) is 9.78 Å². The first-order valence-electron chi connectivity index (χ1n) is 8.45. The van der Waals surface area contributed by atoms with Gasteiger partial charge in [0.25, 0.3) is 5.56 Å². The number of para-hydroxylation sites is 1. The van der Waals surface area contributed by atoms with E-state index in [1.54, 1.807) is 0 Å². The van der Waals surface area contributed by atoms with Gasteiger partial charge in [-0.3, -0.25) is 9.89 Å². The molecule has 5 rings (SSSR count). The highest BCUT2D eigenvalue weighted by Crippen LogP contribution is 2.23. The highest BCUT2D eigenvalue weighted by Gasteiger charge is 2.16. The zero-order valence-electron chi connectivity index (χ0n) is 14.1. The first-order chi connectivity index (χ1) is 13.3. The molecule has 27 heavy (non-hydrogen) atoms. The number of anilines is 2. The van der Waals surface area contributed by atoms with Gasteiger partial charge in [-0.25, -0.2) is 0 Å². The van der Waals surface area contributed by atoms with Gasteiger partial charge in [-0.1, -0.05) is 59.8 Å². The molecule has 7 nitrogen and oxygen atoms in total. The third kappa shape index (κ3) is 2.53. The van der Waals surface area contributed by atoms with Crippen molar-refractivity contribution in [2.45, 2.75) is 0 Å². The van der Waals surface area contributed by atoms with Gasteiger partial charge in [-0.15, -0.1) is 5.10 Å². The standard InChI is InChI=1S/C20H14N6O/c27-20-17-18(21-14-9-2-1-3-10-14)22-23-19(17)24-25-26(20)16-12-6-8-13-7-4-5-11-15(13)16/h1-12H,(H2,21,22,23). The highest BCUT2D eigenvalue weighted by molar-refractivity contribution is 5.91. The van der Waals surface area contributed by atoms with E-state index < -0.39 is 0 Å². The lowest BCUT2D eigenvalue weighted by molar-refractivity contribution is 0.739. The van der Waals surface area contributed by atoms with Crippen molar-refractivity contribution in [3.63, 3.8) is 0 Å². The number of benzene rings is 3. The average molecular weight is 354 g/mol. The largest absolute Gasteiger partial charge is 0.338 e. The lowest BCUT2D eigenvalue weighted by Crippen LogP contribution is -2.23. The van der Waals surface area contributed by atoms with E-state index in [1.165, 1.54) is 4.68 Å². The van der Waals surface area contributed by atoms with Crippen molar-refractivity contribution in [2.75, 3.05) is 5.32 Å². The maximum Gasteiger partial charge on any atom is 0.287 e. The number of hydrogen-bond donors (Lipinski definition) is 2. The van der Waals surface area contributed by atoms with Crippen molar-refractivity contribution >= 4 is 33.3 Å². The number of aromatic amines is 1. The van der Waals surface area contributed by atoms with Gasteiger partial charge in [0.05, 0.1) is 5.69 Å². The summed E-state index contributed by atoms with van der Waals surface area (Å²) in [6, 6.07) is 23.1. The average Bonchev–Trinajstić information content (AvgIpc) is 3.12. The molecule has 0 bridgehead atoms. The van der Waals surface area contributed by atoms with Crippen LogP contribution in [-0.2, 0) is 0 Å². The Morgan fingerprint density at radius 2 is 1.67 bits per heavy atom. The summed E-state index contributed by atoms with van der Waals surface area (Å²) in [5, 5.41) is 20.7. The molecule has 0 aliphatic rings. The lowest BCUT2D eigenvalue weighted by Gasteiger charge is -2.08. The molecule has 130 valence electrons. The Kier molecular flexibility index (Phi) is 3.43. The molecule has 0 atom stereocenters. The van der Waals surface area contributed by atoms with Crippen LogP contribution < -0.4 is 10.9 Å². The maximum atomic E-state index is 13.2. The Labute approximate surface area is 153 Å². The van der Waals surface area contributed by atoms with Crippen molar-refractivity contribution in [3.8, 4) is 5.69 Å². The van der Waals surface area contributed by atoms with Crippen LogP contribution in [0.3, 0.4) is 0 Å². The molecular formula is C20H14N6O. The van der Waals surface area contributed by atoms with Crippen molar-refractivity contribution in [1.29, 1.82) is 0 Å². The predicted molar refractivity (Wildman–Crippen MR) is 105 cm³/mol. The number of aromatic nitrogens is 5. The smallest absolute Gasteiger partial charge is 0.287 e. The quantitative estimate of drug-likeness (QED) is 0.518. The van der Waals surface area contributed by atoms with E-state index in [0.29, 0.717) is 22.5 Å². The Bertz CT molecular complexity index is 1320. The molecule has 0 amide bonds. The predicted octanol–water partition coefficient (Wildman–Crippen LogP) is 3.40. The summed E-state index contributed by atoms with van der Waals surface area (Å²) in [5.41, 5.74) is 1.57. The van der Waals surface area contributed by atoms with E-state index in [2.05, 4.69) is 25.8 Å². The fourth-order valence-electron chi connectivity index (χ4n) is 3.14. The van der Waals surface area contributed by atoms with E-state index >= 15 is 0 Å². The van der Waals surface area contributed by atoms with Crippen LogP contribution in [0, 0.1) is 0 Å². The van der Waals surface area contributed by atoms with Gasteiger partial charge >= 0.3 is 0 Å². The molecule has 0 radical (unpaired) electrons. The summed E-state index contributed by atoms with van der Waals surface area (Å²) in [7, 11) is 0. The second-order valence-electron chi connectivity index (χ2n) is 6.09. The minimum Gasteiger partial charge on any atom is -0.338 e. The summed E-state index contributed by atoms with van der Waals surface area (Å²) < 4.78 is 1.32. The van der Waals surface area contributed by atoms with Gasteiger partial charge in [0, 0.05) is 11.1 Å². The van der Waals surface area contributed by atoms with Crippen LogP contribution in [0.2, 0.25) is 0 Å². The summed E-state index contributed by atoms with van der Waals surface area (Å²) >= 11 is 0. The zero-order chi connectivity index (χ0) is 18.2. The topological polar surface area (TPSA) is 88.5 Å². The fraction of sp³-hybridized carbons (Fsp3) is 0. The maximum absolute atomic E-state index is 13.2. The van der Waals surface area contributed by atoms with Gasteiger partial charge in [0.15, 0.2) is 11.5 Å². The molecule has 0 aliphatic carbocycles. The Morgan fingerprint density at radius 1 is 0.889 bits per heavy atom. The minimum atomic E-state index is -0.288. The summed E-state index contributed by atoms with van der Waals surface area (Å²) in [4.78, 5) is 13.2. The van der Waals surface area contributed by atoms with Gasteiger partial charge in [-0.05, 0) is 23.6 Å². The molecule has 3 aromatic carbocycles. The van der Waals surface area contributed by atoms with E-state index in [-0.39, 0.29) is 5.56 Å². The van der Waals surface area contributed by atoms with E-state index in [1.807, 2.05) is 72.8 Å². The Hall–Kier alpha value is -4.00. The van der Waals surface area contributed by atoms with Crippen LogP contribution in [0.1, 0.15) is 0 Å². The zero-order valence-corrected chi connectivity index (χ0v) is 14.1. The second-order valence-corrected chi connectivity index (χ2v) is 6.09. The van der Waals surface area contributed by atoms with Crippen LogP contribution in [0.25, 0.3) is 27.5 Å². The number of fused-ring (bicyclic) bond motifs is 2. The van der Waals surface area contributed by atoms with Gasteiger partial charge < -0.3 is 5.32 Å². The van der Waals surface area contributed by atoms with Crippen molar-refractivity contribution in [2.24, 2.45) is 0 Å². The van der Waals surface area contributed by atoms with Crippen molar-refractivity contribution in [3.05, 3.63) is 83.2 Å². The van der Waals surface area contributed by atoms with E-state index in [4.69, 9.17) is 0 Å². The molecule has 7 heteroatoms. The first kappa shape index (κ1) is 15.3. The summed E-state index contributed by atoms with van der Waals surface area (Å²) in [6.45, 7) is 0. The number of H-pyrrole nitrogens is 1. The molecule has 0 saturated carbocycles. The highest BCUT2D eigenvalue weighted by atomic mass is 16.1. The van der Waals surface area contributed by atoms with E-state index in [0.717, 1.165) is 16.5 Å². The second kappa shape index (κ2) is 6.06. The van der Waals surface area contributed by atoms with Gasteiger partial charge in [0.1, 0.15) is 5.39 Å². The number of nitrogens with one attached hydrogen (secondary N) is 2. The molecule has 5 aromatic rings. The Morgan fingerprint density at radius 3 is 2.56 bits per heavy atom. The minimum absolute atomic E-state index is 0.288. The fourth-order valence-corrected chi connectivity index (χ4v) is 3.14. The molecule has 2 aromatic heterocycles. The van der Waals surface area contributed by atoms with Crippen LogP contribution in [0.4, 0.5) is 11.5 Å². The first-order valence-corrected chi connectivity index (χ1v) is 8.45. The molecule has 0 fully saturated rings. The Balaban J connectivity index is 1.72. The molecule has 0 aliphatic heterocycles. The monoisotopic (exact) mass is 354 g/mol. The van der Waals surface area contributed by atoms with Crippen LogP contribution >= 0.6 is 0 Å². The summed E-state index contributed by atoms with van der Waals surface area (Å²) in [6.07, 6.45) is 0. The molecule has 2 N–H and O–H groups in total. The third-order valence-electron chi connectivity index (χ3n) is 4.42. The number of nitrogens with zero attached hydrogens (tertiary/aromatic N) is 4. The lowest BCUT2D eigenvalue weighted by atomic mass is 10.1. The molecule has 0 spiro atoms. The van der Waals surface area contributed by atoms with Crippen LogP contribution in [-0.4, -0.2) is 25.2 Å². The van der Waals surface area contributed by atoms with Crippen LogP contribution in [0.15, 0.2) is 77.6 Å². The number of rotatable bonds is 3. The molecule has 2 heterocycles. The number of hydrogen-bond acceptors (Lipinski definition) is 5. The summed E-state index contributed by atoms with van der Waals surface area (Å²) in [5.74, 6) is 0.421. The molecule has 0 saturated heterocycles. The SMILES string of the molecule is O=c1c2c(Nc3ccccc3)n[nH]c2nnn1-c1cccc2ccccc12. The molecular weight excluding hydrogens is 340 g/mol. The van der Waals surface area contributed by atoms with Crippen LogP contribution in [0.5, 0.6) is 0 Å².